The minimum Gasteiger partial charge on any atom is -0.342 e. The summed E-state index contributed by atoms with van der Waals surface area (Å²) in [5, 5.41) is 13.2. The molecule has 0 radical (unpaired) electrons. The highest BCUT2D eigenvalue weighted by atomic mass is 16.2. The van der Waals surface area contributed by atoms with E-state index in [0.717, 1.165) is 61.9 Å². The number of likely N-dealkylation sites (tertiary alicyclic amines) is 1. The second-order valence-corrected chi connectivity index (χ2v) is 7.86. The van der Waals surface area contributed by atoms with Gasteiger partial charge in [-0.05, 0) is 63.5 Å². The molecule has 3 heterocycles. The smallest absolute Gasteiger partial charge is 0.225 e. The highest BCUT2D eigenvalue weighted by Gasteiger charge is 2.32. The third-order valence-electron chi connectivity index (χ3n) is 5.96. The van der Waals surface area contributed by atoms with Crippen molar-refractivity contribution in [2.75, 3.05) is 13.1 Å². The molecular formula is C19H27N5O. The Balaban J connectivity index is 1.41. The van der Waals surface area contributed by atoms with Gasteiger partial charge in [-0.2, -0.15) is 9.61 Å². The standard InChI is InChI=1S/C19H27N5O/c1-13-3-6-16(7-4-13)19(25)23-11-9-15(10-12-23)18-21-20-17-8-5-14(2)22-24(17)18/h5,8,13,15-16H,3-4,6-7,9-12H2,1-2H3. The number of carbonyl (C=O) groups is 1. The first-order valence-electron chi connectivity index (χ1n) is 9.59. The van der Waals surface area contributed by atoms with Gasteiger partial charge in [-0.25, -0.2) is 0 Å². The monoisotopic (exact) mass is 341 g/mol. The molecule has 4 rings (SSSR count). The van der Waals surface area contributed by atoms with Gasteiger partial charge in [0.1, 0.15) is 0 Å². The van der Waals surface area contributed by atoms with Crippen molar-refractivity contribution in [1.29, 1.82) is 0 Å². The molecule has 0 spiro atoms. The lowest BCUT2D eigenvalue weighted by Gasteiger charge is -2.35. The van der Waals surface area contributed by atoms with E-state index in [1.807, 2.05) is 23.6 Å². The minimum absolute atomic E-state index is 0.256. The largest absolute Gasteiger partial charge is 0.342 e. The van der Waals surface area contributed by atoms with Crippen LogP contribution in [0.2, 0.25) is 0 Å². The van der Waals surface area contributed by atoms with Gasteiger partial charge >= 0.3 is 0 Å². The molecule has 0 bridgehead atoms. The Morgan fingerprint density at radius 2 is 1.76 bits per heavy atom. The predicted octanol–water partition coefficient (Wildman–Crippen LogP) is 2.97. The van der Waals surface area contributed by atoms with Gasteiger partial charge in [0.05, 0.1) is 5.69 Å². The van der Waals surface area contributed by atoms with E-state index in [-0.39, 0.29) is 5.92 Å². The van der Waals surface area contributed by atoms with Crippen LogP contribution in [0.15, 0.2) is 12.1 Å². The second-order valence-electron chi connectivity index (χ2n) is 7.86. The van der Waals surface area contributed by atoms with Gasteiger partial charge in [0.2, 0.25) is 5.91 Å². The molecule has 134 valence electrons. The number of aromatic nitrogens is 4. The van der Waals surface area contributed by atoms with Crippen molar-refractivity contribution in [2.24, 2.45) is 11.8 Å². The molecule has 0 atom stereocenters. The molecular weight excluding hydrogens is 314 g/mol. The third kappa shape index (κ3) is 3.26. The van der Waals surface area contributed by atoms with Crippen LogP contribution in [0.25, 0.3) is 5.65 Å². The molecule has 0 aromatic carbocycles. The van der Waals surface area contributed by atoms with Gasteiger partial charge in [0, 0.05) is 24.9 Å². The van der Waals surface area contributed by atoms with Gasteiger partial charge in [-0.15, -0.1) is 10.2 Å². The van der Waals surface area contributed by atoms with Crippen LogP contribution in [-0.2, 0) is 4.79 Å². The number of carbonyl (C=O) groups excluding carboxylic acids is 1. The zero-order valence-corrected chi connectivity index (χ0v) is 15.2. The molecule has 1 aliphatic heterocycles. The molecule has 2 aliphatic rings. The van der Waals surface area contributed by atoms with Crippen LogP contribution < -0.4 is 0 Å². The Kier molecular flexibility index (Phi) is 4.44. The van der Waals surface area contributed by atoms with E-state index in [9.17, 15) is 4.79 Å². The van der Waals surface area contributed by atoms with Crippen LogP contribution in [0, 0.1) is 18.8 Å². The fourth-order valence-electron chi connectivity index (χ4n) is 4.28. The number of piperidine rings is 1. The van der Waals surface area contributed by atoms with Crippen molar-refractivity contribution >= 4 is 11.6 Å². The number of rotatable bonds is 2. The van der Waals surface area contributed by atoms with Crippen LogP contribution in [-0.4, -0.2) is 43.7 Å². The van der Waals surface area contributed by atoms with E-state index >= 15 is 0 Å². The molecule has 2 fully saturated rings. The van der Waals surface area contributed by atoms with Crippen LogP contribution in [0.5, 0.6) is 0 Å². The Morgan fingerprint density at radius 1 is 1.04 bits per heavy atom. The minimum atomic E-state index is 0.256. The molecule has 6 heteroatoms. The van der Waals surface area contributed by atoms with Crippen LogP contribution >= 0.6 is 0 Å². The first-order valence-corrected chi connectivity index (χ1v) is 9.59. The van der Waals surface area contributed by atoms with Crippen molar-refractivity contribution in [2.45, 2.75) is 58.3 Å². The zero-order chi connectivity index (χ0) is 17.4. The average molecular weight is 341 g/mol. The highest BCUT2D eigenvalue weighted by molar-refractivity contribution is 5.79. The normalized spacial score (nSPS) is 25.4. The fourth-order valence-corrected chi connectivity index (χ4v) is 4.28. The molecule has 6 nitrogen and oxygen atoms in total. The van der Waals surface area contributed by atoms with Gasteiger partial charge in [-0.1, -0.05) is 6.92 Å². The number of hydrogen-bond donors (Lipinski definition) is 0. The lowest BCUT2D eigenvalue weighted by atomic mass is 9.82. The first-order chi connectivity index (χ1) is 12.1. The van der Waals surface area contributed by atoms with Gasteiger partial charge in [-0.3, -0.25) is 4.79 Å². The van der Waals surface area contributed by atoms with E-state index in [2.05, 4.69) is 27.1 Å². The van der Waals surface area contributed by atoms with Crippen LogP contribution in [0.4, 0.5) is 0 Å². The van der Waals surface area contributed by atoms with Crippen molar-refractivity contribution in [3.05, 3.63) is 23.7 Å². The van der Waals surface area contributed by atoms with Crippen LogP contribution in [0.1, 0.15) is 62.9 Å². The zero-order valence-electron chi connectivity index (χ0n) is 15.2. The van der Waals surface area contributed by atoms with E-state index in [0.29, 0.717) is 11.8 Å². The Bertz CT molecular complexity index is 754. The first kappa shape index (κ1) is 16.5. The van der Waals surface area contributed by atoms with Crippen LogP contribution in [0.3, 0.4) is 0 Å². The summed E-state index contributed by atoms with van der Waals surface area (Å²) in [6.45, 7) is 5.94. The molecule has 25 heavy (non-hydrogen) atoms. The maximum absolute atomic E-state index is 12.8. The van der Waals surface area contributed by atoms with E-state index in [1.165, 1.54) is 12.8 Å². The topological polar surface area (TPSA) is 63.4 Å². The van der Waals surface area contributed by atoms with Gasteiger partial charge < -0.3 is 4.90 Å². The molecule has 0 N–H and O–H groups in total. The summed E-state index contributed by atoms with van der Waals surface area (Å²) in [6.07, 6.45) is 6.43. The lowest BCUT2D eigenvalue weighted by molar-refractivity contribution is -0.137. The van der Waals surface area contributed by atoms with Crippen molar-refractivity contribution in [1.82, 2.24) is 24.7 Å². The van der Waals surface area contributed by atoms with Crippen molar-refractivity contribution in [3.63, 3.8) is 0 Å². The van der Waals surface area contributed by atoms with Crippen molar-refractivity contribution < 1.29 is 4.79 Å². The quantitative estimate of drug-likeness (QED) is 0.842. The number of nitrogens with zero attached hydrogens (tertiary/aromatic N) is 5. The predicted molar refractivity (Wildman–Crippen MR) is 95.2 cm³/mol. The van der Waals surface area contributed by atoms with E-state index in [4.69, 9.17) is 0 Å². The highest BCUT2D eigenvalue weighted by Crippen LogP contribution is 2.32. The molecule has 0 unspecified atom stereocenters. The maximum atomic E-state index is 12.8. The Hall–Kier alpha value is -1.98. The van der Waals surface area contributed by atoms with E-state index < -0.39 is 0 Å². The average Bonchev–Trinajstić information content (AvgIpc) is 3.05. The molecule has 2 aromatic heterocycles. The summed E-state index contributed by atoms with van der Waals surface area (Å²) in [4.78, 5) is 14.9. The SMILES string of the molecule is Cc1ccc2nnc(C3CCN(C(=O)C4CCC(C)CC4)CC3)n2n1. The van der Waals surface area contributed by atoms with Gasteiger partial charge in [0.25, 0.3) is 0 Å². The number of fused-ring (bicyclic) bond motifs is 1. The summed E-state index contributed by atoms with van der Waals surface area (Å²) >= 11 is 0. The second kappa shape index (κ2) is 6.73. The number of aryl methyl sites for hydroxylation is 1. The number of hydrogen-bond acceptors (Lipinski definition) is 4. The summed E-state index contributed by atoms with van der Waals surface area (Å²) in [5.74, 6) is 2.69. The molecule has 1 saturated heterocycles. The molecule has 1 aliphatic carbocycles. The molecule has 1 saturated carbocycles. The van der Waals surface area contributed by atoms with Crippen molar-refractivity contribution in [3.8, 4) is 0 Å². The Labute approximate surface area is 148 Å². The summed E-state index contributed by atoms with van der Waals surface area (Å²) < 4.78 is 1.88. The third-order valence-corrected chi connectivity index (χ3v) is 5.96. The molecule has 2 aromatic rings. The summed E-state index contributed by atoms with van der Waals surface area (Å²) in [5.41, 5.74) is 1.77. The maximum Gasteiger partial charge on any atom is 0.225 e. The Morgan fingerprint density at radius 3 is 2.48 bits per heavy atom. The summed E-state index contributed by atoms with van der Waals surface area (Å²) in [7, 11) is 0. The number of amides is 1. The lowest BCUT2D eigenvalue weighted by Crippen LogP contribution is -2.42. The molecule has 1 amide bonds. The van der Waals surface area contributed by atoms with Gasteiger partial charge in [0.15, 0.2) is 11.5 Å². The summed E-state index contributed by atoms with van der Waals surface area (Å²) in [6, 6.07) is 3.92. The fraction of sp³-hybridized carbons (Fsp3) is 0.684. The van der Waals surface area contributed by atoms with E-state index in [1.54, 1.807) is 0 Å².